The van der Waals surface area contributed by atoms with Crippen molar-refractivity contribution in [3.63, 3.8) is 0 Å². The Balaban J connectivity index is 2.09. The average molecular weight is 211 g/mol. The van der Waals surface area contributed by atoms with Gasteiger partial charge >= 0.3 is 6.03 Å². The number of hydrogen-bond acceptors (Lipinski definition) is 2. The number of urea groups is 1. The summed E-state index contributed by atoms with van der Waals surface area (Å²) in [6.07, 6.45) is 2.49. The molecule has 2 rings (SSSR count). The number of carbonyl (C=O) groups excluding carboxylic acids is 1. The summed E-state index contributed by atoms with van der Waals surface area (Å²) in [6.45, 7) is 4.04. The first-order chi connectivity index (χ1) is 6.96. The van der Waals surface area contributed by atoms with E-state index in [0.717, 1.165) is 13.1 Å². The van der Waals surface area contributed by atoms with Gasteiger partial charge in [-0.1, -0.05) is 0 Å². The molecule has 2 amide bonds. The van der Waals surface area contributed by atoms with E-state index in [1.165, 1.54) is 12.8 Å². The highest BCUT2D eigenvalue weighted by molar-refractivity contribution is 5.74. The highest BCUT2D eigenvalue weighted by Crippen LogP contribution is 2.44. The van der Waals surface area contributed by atoms with Gasteiger partial charge in [0, 0.05) is 38.8 Å². The van der Waals surface area contributed by atoms with E-state index in [-0.39, 0.29) is 6.03 Å². The number of piperazine rings is 1. The lowest BCUT2D eigenvalue weighted by Gasteiger charge is -2.45. The third-order valence-electron chi connectivity index (χ3n) is 3.80. The Morgan fingerprint density at radius 2 is 2.00 bits per heavy atom. The topological polar surface area (TPSA) is 26.8 Å². The molecule has 0 N–H and O–H groups in total. The maximum atomic E-state index is 12.0. The molecule has 4 nitrogen and oxygen atoms in total. The minimum atomic E-state index is 0.155. The van der Waals surface area contributed by atoms with E-state index in [4.69, 9.17) is 0 Å². The smallest absolute Gasteiger partial charge is 0.319 e. The zero-order valence-corrected chi connectivity index (χ0v) is 10.2. The SMILES string of the molecule is CC1CN(C)C2(CC2)CN1C(=O)N(C)C. The lowest BCUT2D eigenvalue weighted by molar-refractivity contribution is 0.0517. The zero-order valence-electron chi connectivity index (χ0n) is 10.2. The molecule has 0 aromatic rings. The van der Waals surface area contributed by atoms with Gasteiger partial charge in [0.05, 0.1) is 0 Å². The Hall–Kier alpha value is -0.770. The first-order valence-corrected chi connectivity index (χ1v) is 5.65. The van der Waals surface area contributed by atoms with Gasteiger partial charge in [0.25, 0.3) is 0 Å². The van der Waals surface area contributed by atoms with Gasteiger partial charge in [0.2, 0.25) is 0 Å². The molecule has 0 bridgehead atoms. The molecule has 1 saturated heterocycles. The molecule has 2 fully saturated rings. The maximum Gasteiger partial charge on any atom is 0.319 e. The van der Waals surface area contributed by atoms with Crippen LogP contribution in [0.4, 0.5) is 4.79 Å². The van der Waals surface area contributed by atoms with Crippen molar-refractivity contribution in [1.29, 1.82) is 0 Å². The van der Waals surface area contributed by atoms with Gasteiger partial charge in [-0.3, -0.25) is 4.90 Å². The molecule has 1 saturated carbocycles. The quantitative estimate of drug-likeness (QED) is 0.593. The summed E-state index contributed by atoms with van der Waals surface area (Å²) in [5, 5.41) is 0. The summed E-state index contributed by atoms with van der Waals surface area (Å²) in [5.41, 5.74) is 0.318. The molecule has 0 aromatic carbocycles. The molecule has 15 heavy (non-hydrogen) atoms. The Morgan fingerprint density at radius 3 is 2.47 bits per heavy atom. The molecule has 0 aromatic heterocycles. The minimum absolute atomic E-state index is 0.155. The summed E-state index contributed by atoms with van der Waals surface area (Å²) in [4.78, 5) is 18.1. The van der Waals surface area contributed by atoms with Crippen LogP contribution >= 0.6 is 0 Å². The molecule has 1 aliphatic carbocycles. The number of nitrogens with zero attached hydrogens (tertiary/aromatic N) is 3. The highest BCUT2D eigenvalue weighted by atomic mass is 16.2. The largest absolute Gasteiger partial charge is 0.331 e. The molecule has 1 spiro atoms. The average Bonchev–Trinajstić information content (AvgIpc) is 2.92. The third-order valence-corrected chi connectivity index (χ3v) is 3.80. The van der Waals surface area contributed by atoms with Gasteiger partial charge in [-0.2, -0.15) is 0 Å². The fourth-order valence-corrected chi connectivity index (χ4v) is 2.48. The van der Waals surface area contributed by atoms with Crippen LogP contribution in [0.3, 0.4) is 0 Å². The van der Waals surface area contributed by atoms with Gasteiger partial charge in [-0.05, 0) is 26.8 Å². The fourth-order valence-electron chi connectivity index (χ4n) is 2.48. The maximum absolute atomic E-state index is 12.0. The number of likely N-dealkylation sites (N-methyl/N-ethyl adjacent to an activating group) is 1. The van der Waals surface area contributed by atoms with Crippen LogP contribution in [0.2, 0.25) is 0 Å². The molecule has 86 valence electrons. The van der Waals surface area contributed by atoms with Crippen LogP contribution in [-0.4, -0.2) is 66.5 Å². The molecule has 0 radical (unpaired) electrons. The Morgan fingerprint density at radius 1 is 1.40 bits per heavy atom. The van der Waals surface area contributed by atoms with Crippen molar-refractivity contribution in [3.8, 4) is 0 Å². The van der Waals surface area contributed by atoms with Crippen LogP contribution in [0, 0.1) is 0 Å². The van der Waals surface area contributed by atoms with Crippen LogP contribution in [0.25, 0.3) is 0 Å². The van der Waals surface area contributed by atoms with Crippen molar-refractivity contribution in [3.05, 3.63) is 0 Å². The van der Waals surface area contributed by atoms with E-state index in [9.17, 15) is 4.79 Å². The van der Waals surface area contributed by atoms with Crippen LogP contribution in [0.1, 0.15) is 19.8 Å². The fraction of sp³-hybridized carbons (Fsp3) is 0.909. The van der Waals surface area contributed by atoms with Gasteiger partial charge < -0.3 is 9.80 Å². The number of hydrogen-bond donors (Lipinski definition) is 0. The van der Waals surface area contributed by atoms with Crippen molar-refractivity contribution >= 4 is 6.03 Å². The van der Waals surface area contributed by atoms with Gasteiger partial charge in [-0.15, -0.1) is 0 Å². The first kappa shape index (κ1) is 10.7. The summed E-state index contributed by atoms with van der Waals surface area (Å²) in [7, 11) is 5.83. The Bertz CT molecular complexity index is 273. The number of rotatable bonds is 0. The lowest BCUT2D eigenvalue weighted by atomic mass is 10.1. The van der Waals surface area contributed by atoms with Crippen LogP contribution in [-0.2, 0) is 0 Å². The van der Waals surface area contributed by atoms with Crippen molar-refractivity contribution in [2.45, 2.75) is 31.3 Å². The molecule has 2 aliphatic rings. The van der Waals surface area contributed by atoms with Gasteiger partial charge in [0.1, 0.15) is 0 Å². The van der Waals surface area contributed by atoms with Crippen LogP contribution in [0.5, 0.6) is 0 Å². The third kappa shape index (κ3) is 1.71. The van der Waals surface area contributed by atoms with Crippen molar-refractivity contribution in [2.75, 3.05) is 34.2 Å². The predicted octanol–water partition coefficient (Wildman–Crippen LogP) is 0.837. The first-order valence-electron chi connectivity index (χ1n) is 5.65. The molecule has 1 heterocycles. The summed E-state index contributed by atoms with van der Waals surface area (Å²) in [6, 6.07) is 0.484. The normalized spacial score (nSPS) is 29.3. The van der Waals surface area contributed by atoms with Crippen LogP contribution in [0.15, 0.2) is 0 Å². The van der Waals surface area contributed by atoms with E-state index >= 15 is 0 Å². The van der Waals surface area contributed by atoms with Crippen LogP contribution < -0.4 is 0 Å². The second-order valence-electron chi connectivity index (χ2n) is 5.26. The number of carbonyl (C=O) groups is 1. The summed E-state index contributed by atoms with van der Waals surface area (Å²) in [5.74, 6) is 0. The van der Waals surface area contributed by atoms with E-state index in [2.05, 4.69) is 18.9 Å². The molecule has 1 unspecified atom stereocenters. The van der Waals surface area contributed by atoms with E-state index in [1.807, 2.05) is 19.0 Å². The Labute approximate surface area is 91.8 Å². The predicted molar refractivity (Wildman–Crippen MR) is 59.8 cm³/mol. The van der Waals surface area contributed by atoms with Gasteiger partial charge in [-0.25, -0.2) is 4.79 Å². The highest BCUT2D eigenvalue weighted by Gasteiger charge is 2.52. The van der Waals surface area contributed by atoms with Crippen molar-refractivity contribution in [2.24, 2.45) is 0 Å². The Kier molecular flexibility index (Phi) is 2.41. The molecule has 1 aliphatic heterocycles. The monoisotopic (exact) mass is 211 g/mol. The molecule has 4 heteroatoms. The van der Waals surface area contributed by atoms with Crippen molar-refractivity contribution < 1.29 is 4.79 Å². The number of amides is 2. The second-order valence-corrected chi connectivity index (χ2v) is 5.26. The molecule has 1 atom stereocenters. The summed E-state index contributed by atoms with van der Waals surface area (Å²) < 4.78 is 0. The second kappa shape index (κ2) is 3.37. The molecular formula is C11H21N3O. The van der Waals surface area contributed by atoms with E-state index < -0.39 is 0 Å². The molecular weight excluding hydrogens is 190 g/mol. The standard InChI is InChI=1S/C11H21N3O/c1-9-7-13(4)11(5-6-11)8-14(9)10(15)12(2)3/h9H,5-8H2,1-4H3. The zero-order chi connectivity index (χ0) is 11.2. The van der Waals surface area contributed by atoms with Gasteiger partial charge in [0.15, 0.2) is 0 Å². The van der Waals surface area contributed by atoms with E-state index in [1.54, 1.807) is 4.90 Å². The summed E-state index contributed by atoms with van der Waals surface area (Å²) >= 11 is 0. The van der Waals surface area contributed by atoms with E-state index in [0.29, 0.717) is 11.6 Å². The lowest BCUT2D eigenvalue weighted by Crippen LogP contribution is -2.60. The van der Waals surface area contributed by atoms with Crippen molar-refractivity contribution in [1.82, 2.24) is 14.7 Å². The minimum Gasteiger partial charge on any atom is -0.331 e.